The van der Waals surface area contributed by atoms with Crippen molar-refractivity contribution in [2.75, 3.05) is 11.1 Å². The van der Waals surface area contributed by atoms with Gasteiger partial charge in [0.1, 0.15) is 0 Å². The molecule has 2 heterocycles. The molecule has 136 valence electrons. The van der Waals surface area contributed by atoms with E-state index < -0.39 is 0 Å². The van der Waals surface area contributed by atoms with Gasteiger partial charge in [-0.05, 0) is 36.4 Å². The third kappa shape index (κ3) is 3.13. The van der Waals surface area contributed by atoms with E-state index in [0.29, 0.717) is 22.8 Å². The van der Waals surface area contributed by atoms with Gasteiger partial charge in [0.05, 0.1) is 33.8 Å². The summed E-state index contributed by atoms with van der Waals surface area (Å²) in [5.41, 5.74) is 8.66. The molecule has 0 spiro atoms. The molecule has 6 nitrogen and oxygen atoms in total. The van der Waals surface area contributed by atoms with Crippen molar-refractivity contribution in [1.82, 2.24) is 9.13 Å². The lowest BCUT2D eigenvalue weighted by atomic mass is 10.2. The van der Waals surface area contributed by atoms with Crippen LogP contribution in [0.2, 0.25) is 0 Å². The summed E-state index contributed by atoms with van der Waals surface area (Å²) in [5.74, 6) is -0.214. The number of carbonyl (C=O) groups is 1. The number of aryl methyl sites for hydroxylation is 1. The number of rotatable bonds is 4. The topological polar surface area (TPSA) is 82.0 Å². The summed E-state index contributed by atoms with van der Waals surface area (Å²) >= 11 is 1.37. The Labute approximate surface area is 159 Å². The van der Waals surface area contributed by atoms with Gasteiger partial charge in [-0.1, -0.05) is 24.3 Å². The van der Waals surface area contributed by atoms with Crippen LogP contribution in [0.15, 0.2) is 65.5 Å². The van der Waals surface area contributed by atoms with Gasteiger partial charge in [-0.2, -0.15) is 0 Å². The van der Waals surface area contributed by atoms with Gasteiger partial charge < -0.3 is 11.1 Å². The fourth-order valence-corrected chi connectivity index (χ4v) is 3.94. The average Bonchev–Trinajstić information content (AvgIpc) is 3.24. The second kappa shape index (κ2) is 6.77. The van der Waals surface area contributed by atoms with E-state index >= 15 is 0 Å². The molecule has 0 unspecified atom stereocenters. The van der Waals surface area contributed by atoms with Crippen LogP contribution in [0.5, 0.6) is 0 Å². The molecule has 1 amide bonds. The summed E-state index contributed by atoms with van der Waals surface area (Å²) < 4.78 is 3.35. The zero-order valence-corrected chi connectivity index (χ0v) is 15.5. The quantitative estimate of drug-likeness (QED) is 0.535. The summed E-state index contributed by atoms with van der Waals surface area (Å²) in [5, 5.41) is 2.82. The number of nitrogens with two attached hydrogens (primary N) is 1. The molecular formula is C20H18N4O2S. The normalized spacial score (nSPS) is 11.0. The Balaban J connectivity index is 1.59. The molecule has 7 heteroatoms. The second-order valence-electron chi connectivity index (χ2n) is 6.22. The van der Waals surface area contributed by atoms with Crippen LogP contribution in [-0.4, -0.2) is 15.0 Å². The lowest BCUT2D eigenvalue weighted by molar-refractivity contribution is 0.103. The van der Waals surface area contributed by atoms with Crippen LogP contribution in [0.4, 0.5) is 11.4 Å². The number of amides is 1. The summed E-state index contributed by atoms with van der Waals surface area (Å²) in [6, 6.07) is 18.5. The molecule has 0 saturated heterocycles. The molecule has 2 aromatic carbocycles. The Morgan fingerprint density at radius 3 is 2.52 bits per heavy atom. The molecule has 0 aliphatic heterocycles. The van der Waals surface area contributed by atoms with Gasteiger partial charge >= 0.3 is 5.69 Å². The van der Waals surface area contributed by atoms with E-state index in [0.717, 1.165) is 15.9 Å². The van der Waals surface area contributed by atoms with E-state index in [9.17, 15) is 9.59 Å². The number of nitrogens with zero attached hydrogens (tertiary/aromatic N) is 2. The van der Waals surface area contributed by atoms with Crippen molar-refractivity contribution in [3.05, 3.63) is 80.9 Å². The van der Waals surface area contributed by atoms with Crippen LogP contribution < -0.4 is 16.7 Å². The molecule has 4 aromatic rings. The summed E-state index contributed by atoms with van der Waals surface area (Å²) in [6.45, 7) is 0.422. The Kier molecular flexibility index (Phi) is 4.29. The number of thiophene rings is 1. The summed E-state index contributed by atoms with van der Waals surface area (Å²) in [7, 11) is 1.76. The molecule has 3 N–H and O–H groups in total. The molecular weight excluding hydrogens is 360 g/mol. The Morgan fingerprint density at radius 1 is 1.04 bits per heavy atom. The molecule has 0 bridgehead atoms. The Morgan fingerprint density at radius 2 is 1.74 bits per heavy atom. The van der Waals surface area contributed by atoms with Crippen LogP contribution in [0.25, 0.3) is 11.0 Å². The zero-order chi connectivity index (χ0) is 19.0. The van der Waals surface area contributed by atoms with E-state index in [1.807, 2.05) is 42.5 Å². The maximum absolute atomic E-state index is 12.5. The van der Waals surface area contributed by atoms with Crippen LogP contribution >= 0.6 is 11.3 Å². The maximum atomic E-state index is 12.5. The van der Waals surface area contributed by atoms with Crippen molar-refractivity contribution in [1.29, 1.82) is 0 Å². The van der Waals surface area contributed by atoms with Gasteiger partial charge in [-0.15, -0.1) is 11.3 Å². The zero-order valence-electron chi connectivity index (χ0n) is 14.7. The number of imidazole rings is 1. The third-order valence-electron chi connectivity index (χ3n) is 4.46. The SMILES string of the molecule is Cn1c(=O)n(Cc2ccc(C(=O)Nc3ccccc3N)s2)c2ccccc21. The number of nitrogens with one attached hydrogen (secondary N) is 1. The van der Waals surface area contributed by atoms with Crippen molar-refractivity contribution < 1.29 is 4.79 Å². The van der Waals surface area contributed by atoms with E-state index in [2.05, 4.69) is 5.32 Å². The first-order valence-electron chi connectivity index (χ1n) is 8.43. The van der Waals surface area contributed by atoms with Gasteiger partial charge in [0.25, 0.3) is 5.91 Å². The fraction of sp³-hybridized carbons (Fsp3) is 0.100. The highest BCUT2D eigenvalue weighted by Crippen LogP contribution is 2.23. The highest BCUT2D eigenvalue weighted by molar-refractivity contribution is 7.14. The number of hydrogen-bond donors (Lipinski definition) is 2. The minimum atomic E-state index is -0.214. The molecule has 0 radical (unpaired) electrons. The molecule has 0 atom stereocenters. The monoisotopic (exact) mass is 378 g/mol. The van der Waals surface area contributed by atoms with Gasteiger partial charge in [0.15, 0.2) is 0 Å². The lowest BCUT2D eigenvalue weighted by Gasteiger charge is -2.06. The van der Waals surface area contributed by atoms with Gasteiger partial charge in [0, 0.05) is 11.9 Å². The second-order valence-corrected chi connectivity index (χ2v) is 7.39. The third-order valence-corrected chi connectivity index (χ3v) is 5.53. The molecule has 0 aliphatic rings. The van der Waals surface area contributed by atoms with Crippen molar-refractivity contribution >= 4 is 39.7 Å². The van der Waals surface area contributed by atoms with E-state index in [1.54, 1.807) is 34.4 Å². The lowest BCUT2D eigenvalue weighted by Crippen LogP contribution is -2.22. The Bertz CT molecular complexity index is 1200. The minimum Gasteiger partial charge on any atom is -0.397 e. The molecule has 0 aliphatic carbocycles. The van der Waals surface area contributed by atoms with Crippen molar-refractivity contribution in [3.63, 3.8) is 0 Å². The Hall–Kier alpha value is -3.32. The molecule has 27 heavy (non-hydrogen) atoms. The number of fused-ring (bicyclic) bond motifs is 1. The molecule has 4 rings (SSSR count). The van der Waals surface area contributed by atoms with E-state index in [1.165, 1.54) is 11.3 Å². The predicted octanol–water partition coefficient (Wildman–Crippen LogP) is 3.28. The predicted molar refractivity (Wildman–Crippen MR) is 109 cm³/mol. The van der Waals surface area contributed by atoms with Crippen LogP contribution in [-0.2, 0) is 13.6 Å². The number of benzene rings is 2. The number of carbonyl (C=O) groups excluding carboxylic acids is 1. The van der Waals surface area contributed by atoms with Crippen LogP contribution in [0.3, 0.4) is 0 Å². The van der Waals surface area contributed by atoms with Crippen molar-refractivity contribution in [3.8, 4) is 0 Å². The van der Waals surface area contributed by atoms with Gasteiger partial charge in [-0.3, -0.25) is 13.9 Å². The number of anilines is 2. The maximum Gasteiger partial charge on any atom is 0.329 e. The largest absolute Gasteiger partial charge is 0.397 e. The highest BCUT2D eigenvalue weighted by atomic mass is 32.1. The minimum absolute atomic E-state index is 0.0762. The van der Waals surface area contributed by atoms with Crippen LogP contribution in [0.1, 0.15) is 14.5 Å². The highest BCUT2D eigenvalue weighted by Gasteiger charge is 2.14. The van der Waals surface area contributed by atoms with Crippen molar-refractivity contribution in [2.45, 2.75) is 6.54 Å². The smallest absolute Gasteiger partial charge is 0.329 e. The number of para-hydroxylation sites is 4. The van der Waals surface area contributed by atoms with Crippen molar-refractivity contribution in [2.24, 2.45) is 7.05 Å². The summed E-state index contributed by atoms with van der Waals surface area (Å²) in [4.78, 5) is 26.5. The van der Waals surface area contributed by atoms with Gasteiger partial charge in [0.2, 0.25) is 0 Å². The first-order chi connectivity index (χ1) is 13.0. The molecule has 0 saturated carbocycles. The van der Waals surface area contributed by atoms with Crippen LogP contribution in [0, 0.1) is 0 Å². The van der Waals surface area contributed by atoms with Gasteiger partial charge in [-0.25, -0.2) is 4.79 Å². The first kappa shape index (κ1) is 17.1. The number of hydrogen-bond acceptors (Lipinski definition) is 4. The number of nitrogen functional groups attached to an aromatic ring is 1. The standard InChI is InChI=1S/C20H18N4O2S/c1-23-16-8-4-5-9-17(16)24(20(23)26)12-13-10-11-18(27-13)19(25)22-15-7-3-2-6-14(15)21/h2-11H,12,21H2,1H3,(H,22,25). The average molecular weight is 378 g/mol. The summed E-state index contributed by atoms with van der Waals surface area (Å²) in [6.07, 6.45) is 0. The number of aromatic nitrogens is 2. The van der Waals surface area contributed by atoms with E-state index in [4.69, 9.17) is 5.73 Å². The molecule has 0 fully saturated rings. The first-order valence-corrected chi connectivity index (χ1v) is 9.25. The fourth-order valence-electron chi connectivity index (χ4n) is 3.05. The molecule has 2 aromatic heterocycles. The van der Waals surface area contributed by atoms with E-state index in [-0.39, 0.29) is 11.6 Å².